The maximum atomic E-state index is 12.5. The fourth-order valence-corrected chi connectivity index (χ4v) is 5.86. The molecule has 3 rings (SSSR count). The first-order valence-corrected chi connectivity index (χ1v) is 15.2. The maximum Gasteiger partial charge on any atom is 0.364 e. The fraction of sp³-hybridized carbons (Fsp3) is 0.852. The van der Waals surface area contributed by atoms with Gasteiger partial charge in [-0.2, -0.15) is 0 Å². The third kappa shape index (κ3) is 9.36. The highest BCUT2D eigenvalue weighted by Crippen LogP contribution is 2.35. The molecule has 3 aliphatic rings. The lowest BCUT2D eigenvalue weighted by Gasteiger charge is -2.49. The predicted molar refractivity (Wildman–Crippen MR) is 153 cm³/mol. The van der Waals surface area contributed by atoms with Crippen molar-refractivity contribution in [3.05, 3.63) is 0 Å². The molecule has 3 heterocycles. The molecule has 0 aromatic rings. The predicted octanol–water partition coefficient (Wildman–Crippen LogP) is -7.94. The second-order valence-corrected chi connectivity index (χ2v) is 12.0. The molecule has 0 bridgehead atoms. The van der Waals surface area contributed by atoms with E-state index < -0.39 is 147 Å². The highest BCUT2D eigenvalue weighted by molar-refractivity contribution is 5.76. The molecule has 22 heteroatoms. The number of carbonyl (C=O) groups excluding carboxylic acids is 3. The molecular formula is C27H45N3O19. The van der Waals surface area contributed by atoms with Crippen LogP contribution in [0.2, 0.25) is 0 Å². The number of aliphatic hydroxyl groups excluding tert-OH is 9. The van der Waals surface area contributed by atoms with Gasteiger partial charge >= 0.3 is 5.97 Å². The molecule has 1 unspecified atom stereocenters. The molecular weight excluding hydrogens is 670 g/mol. The Morgan fingerprint density at radius 3 is 1.92 bits per heavy atom. The molecule has 3 amide bonds. The lowest BCUT2D eigenvalue weighted by molar-refractivity contribution is -0.345. The summed E-state index contributed by atoms with van der Waals surface area (Å²) in [5, 5.41) is 111. The summed E-state index contributed by atoms with van der Waals surface area (Å²) in [5.74, 6) is -6.89. The zero-order valence-corrected chi connectivity index (χ0v) is 26.6. The molecule has 0 aromatic heterocycles. The van der Waals surface area contributed by atoms with Gasteiger partial charge in [0.15, 0.2) is 12.6 Å². The third-order valence-electron chi connectivity index (χ3n) is 8.27. The van der Waals surface area contributed by atoms with Gasteiger partial charge in [0.05, 0.1) is 32.0 Å². The van der Waals surface area contributed by atoms with Gasteiger partial charge in [0.2, 0.25) is 17.7 Å². The number of carboxylic acids is 1. The number of rotatable bonds is 13. The van der Waals surface area contributed by atoms with Crippen LogP contribution in [0.5, 0.6) is 0 Å². The number of amides is 3. The highest BCUT2D eigenvalue weighted by atomic mass is 16.7. The van der Waals surface area contributed by atoms with Crippen LogP contribution in [0.25, 0.3) is 0 Å². The van der Waals surface area contributed by atoms with Crippen molar-refractivity contribution in [3.63, 3.8) is 0 Å². The van der Waals surface area contributed by atoms with Gasteiger partial charge in [-0.3, -0.25) is 14.4 Å². The van der Waals surface area contributed by atoms with Crippen LogP contribution < -0.4 is 16.0 Å². The van der Waals surface area contributed by atoms with Crippen LogP contribution in [0.4, 0.5) is 0 Å². The summed E-state index contributed by atoms with van der Waals surface area (Å²) in [5.41, 5.74) is 0. The molecule has 0 aliphatic carbocycles. The van der Waals surface area contributed by atoms with E-state index in [0.717, 1.165) is 20.8 Å². The number of nitrogens with one attached hydrogen (secondary N) is 3. The van der Waals surface area contributed by atoms with E-state index in [4.69, 9.17) is 23.7 Å². The lowest BCUT2D eigenvalue weighted by atomic mass is 9.88. The third-order valence-corrected chi connectivity index (χ3v) is 8.27. The van der Waals surface area contributed by atoms with Crippen molar-refractivity contribution >= 4 is 23.7 Å². The van der Waals surface area contributed by atoms with Crippen LogP contribution in [-0.2, 0) is 42.9 Å². The van der Waals surface area contributed by atoms with Crippen LogP contribution in [0.3, 0.4) is 0 Å². The van der Waals surface area contributed by atoms with E-state index >= 15 is 0 Å². The number of hydrogen-bond donors (Lipinski definition) is 13. The van der Waals surface area contributed by atoms with Crippen LogP contribution in [0, 0.1) is 0 Å². The normalized spacial score (nSPS) is 40.9. The molecule has 22 nitrogen and oxygen atoms in total. The van der Waals surface area contributed by atoms with E-state index in [1.165, 1.54) is 0 Å². The first-order valence-electron chi connectivity index (χ1n) is 15.2. The molecule has 0 radical (unpaired) electrons. The Labute approximate surface area is 278 Å². The van der Waals surface area contributed by atoms with Gasteiger partial charge in [-0.15, -0.1) is 0 Å². The van der Waals surface area contributed by atoms with Crippen LogP contribution >= 0.6 is 0 Å². The van der Waals surface area contributed by atoms with Crippen molar-refractivity contribution in [3.8, 4) is 0 Å². The molecule has 16 atom stereocenters. The van der Waals surface area contributed by atoms with Crippen LogP contribution in [0.15, 0.2) is 0 Å². The Hall–Kier alpha value is -2.68. The van der Waals surface area contributed by atoms with Gasteiger partial charge in [0.1, 0.15) is 67.0 Å². The minimum absolute atomic E-state index is 0.680. The summed E-state index contributed by atoms with van der Waals surface area (Å²) in [6.45, 7) is 0.350. The Kier molecular flexibility index (Phi) is 14.2. The Morgan fingerprint density at radius 1 is 0.816 bits per heavy atom. The molecule has 0 aromatic carbocycles. The molecule has 49 heavy (non-hydrogen) atoms. The quantitative estimate of drug-likeness (QED) is 0.0842. The van der Waals surface area contributed by atoms with E-state index in [1.807, 2.05) is 0 Å². The lowest BCUT2D eigenvalue weighted by Crippen LogP contribution is -2.70. The molecule has 0 spiro atoms. The van der Waals surface area contributed by atoms with Gasteiger partial charge in [-0.25, -0.2) is 4.79 Å². The summed E-state index contributed by atoms with van der Waals surface area (Å²) in [6, 6.07) is -4.56. The molecule has 3 fully saturated rings. The number of hydrogen-bond acceptors (Lipinski definition) is 18. The first kappa shape index (κ1) is 40.7. The Bertz CT molecular complexity index is 1170. The number of ether oxygens (including phenoxy) is 5. The number of carboxylic acid groups (broad SMARTS) is 1. The van der Waals surface area contributed by atoms with Gasteiger partial charge in [-0.1, -0.05) is 0 Å². The standard InChI is InChI=1S/C27H45N3O19/c1-8(33)28-15-11(36)4-27(26(43)44,49-23(15)18(38)12(37)5-31)45-7-14-19(39)20(40)17(30-10(3)35)25(47-14)48-22-13(6-32)46-24(42)16(21(22)41)29-9(2)34/h11-25,31-32,36-42H,4-7H2,1-3H3,(H,28,33)(H,29,34)(H,30,35)(H,43,44)/t11-,12+,13+,14+,15+,16+,17+,18+,19+,20+,21+,22+,23+,24?,25-,27+/m0/s1. The van der Waals surface area contributed by atoms with Gasteiger partial charge < -0.3 is 90.7 Å². The molecule has 0 saturated carbocycles. The van der Waals surface area contributed by atoms with Gasteiger partial charge in [0.25, 0.3) is 5.79 Å². The molecule has 3 saturated heterocycles. The fourth-order valence-electron chi connectivity index (χ4n) is 5.86. The summed E-state index contributed by atoms with van der Waals surface area (Å²) < 4.78 is 27.9. The van der Waals surface area contributed by atoms with E-state index in [-0.39, 0.29) is 0 Å². The summed E-state index contributed by atoms with van der Waals surface area (Å²) >= 11 is 0. The topological polar surface area (TPSA) is 353 Å². The largest absolute Gasteiger partial charge is 0.477 e. The second-order valence-electron chi connectivity index (χ2n) is 12.0. The Morgan fingerprint density at radius 2 is 1.39 bits per heavy atom. The number of aliphatic carboxylic acids is 1. The van der Waals surface area contributed by atoms with Crippen molar-refractivity contribution in [2.75, 3.05) is 19.8 Å². The highest BCUT2D eigenvalue weighted by Gasteiger charge is 2.57. The Balaban J connectivity index is 1.91. The van der Waals surface area contributed by atoms with E-state index in [2.05, 4.69) is 16.0 Å². The summed E-state index contributed by atoms with van der Waals surface area (Å²) in [6.07, 6.45) is -22.7. The van der Waals surface area contributed by atoms with Crippen molar-refractivity contribution < 1.29 is 93.9 Å². The zero-order chi connectivity index (χ0) is 37.0. The van der Waals surface area contributed by atoms with Gasteiger partial charge in [0, 0.05) is 27.2 Å². The minimum Gasteiger partial charge on any atom is -0.477 e. The van der Waals surface area contributed by atoms with Crippen molar-refractivity contribution in [1.29, 1.82) is 0 Å². The molecule has 13 N–H and O–H groups in total. The molecule has 3 aliphatic heterocycles. The van der Waals surface area contributed by atoms with Crippen molar-refractivity contribution in [1.82, 2.24) is 16.0 Å². The maximum absolute atomic E-state index is 12.5. The number of aliphatic hydroxyl groups is 9. The van der Waals surface area contributed by atoms with Gasteiger partial charge in [-0.05, 0) is 0 Å². The van der Waals surface area contributed by atoms with E-state index in [1.54, 1.807) is 0 Å². The summed E-state index contributed by atoms with van der Waals surface area (Å²) in [4.78, 5) is 48.0. The smallest absolute Gasteiger partial charge is 0.364 e. The zero-order valence-electron chi connectivity index (χ0n) is 26.6. The van der Waals surface area contributed by atoms with Crippen molar-refractivity contribution in [2.45, 2.75) is 125 Å². The first-order chi connectivity index (χ1) is 22.9. The van der Waals surface area contributed by atoms with E-state index in [9.17, 15) is 70.2 Å². The van der Waals surface area contributed by atoms with Crippen molar-refractivity contribution in [2.24, 2.45) is 0 Å². The molecule has 282 valence electrons. The summed E-state index contributed by atoms with van der Waals surface area (Å²) in [7, 11) is 0. The monoisotopic (exact) mass is 715 g/mol. The van der Waals surface area contributed by atoms with E-state index in [0.29, 0.717) is 0 Å². The van der Waals surface area contributed by atoms with Crippen LogP contribution in [0.1, 0.15) is 27.2 Å². The average molecular weight is 716 g/mol. The number of carbonyl (C=O) groups is 4. The van der Waals surface area contributed by atoms with Crippen LogP contribution in [-0.4, -0.2) is 192 Å². The second kappa shape index (κ2) is 17.0. The minimum atomic E-state index is -2.86. The average Bonchev–Trinajstić information content (AvgIpc) is 3.02. The SMILES string of the molecule is CC(=O)N[C@H]1[C@H](O[C@H]2[C@H](O)[C@@H](NC(C)=O)C(O)O[C@@H]2CO)O[C@H](CO[C@]2(C(=O)O)C[C@H](O)[C@@H](NC(C)=O)[C@H]([C@H](O)[C@H](O)CO)O2)[C@@H](O)[C@@H]1O.